The molecule has 29 heavy (non-hydrogen) atoms. The Labute approximate surface area is 171 Å². The zero-order valence-corrected chi connectivity index (χ0v) is 17.8. The molecule has 1 N–H and O–H groups in total. The molecule has 1 aromatic carbocycles. The molecule has 1 aliphatic heterocycles. The van der Waals surface area contributed by atoms with Crippen LogP contribution in [0.5, 0.6) is 11.5 Å². The lowest BCUT2D eigenvalue weighted by atomic mass is 9.98. The number of nitrogens with zero attached hydrogens (tertiary/aromatic N) is 4. The molecule has 0 saturated heterocycles. The van der Waals surface area contributed by atoms with Gasteiger partial charge in [-0.25, -0.2) is 9.97 Å². The summed E-state index contributed by atoms with van der Waals surface area (Å²) in [6.07, 6.45) is 0.763. The molecular weight excluding hydrogens is 370 g/mol. The third kappa shape index (κ3) is 4.95. The Kier molecular flexibility index (Phi) is 6.53. The molecule has 0 spiro atoms. The molecule has 0 saturated carbocycles. The van der Waals surface area contributed by atoms with Gasteiger partial charge in [0.1, 0.15) is 17.3 Å². The monoisotopic (exact) mass is 399 g/mol. The zero-order chi connectivity index (χ0) is 21.0. The molecule has 1 aliphatic rings. The average Bonchev–Trinajstić information content (AvgIpc) is 2.71. The number of hydrogen-bond donors (Lipinski definition) is 1. The quantitative estimate of drug-likeness (QED) is 0.762. The molecule has 1 aromatic heterocycles. The molecule has 0 bridgehead atoms. The number of aryl methyl sites for hydroxylation is 1. The molecule has 3 rings (SSSR count). The number of benzene rings is 1. The standard InChI is InChI=1S/C21H29N5O3/c1-14-23-17(12-20(24-14)22-7-9-25(2)3)21(27)26-8-6-15-10-18(28-4)19(29-5)11-16(15)13-26/h10-12H,6-9,13H2,1-5H3,(H,22,23,24). The van der Waals surface area contributed by atoms with Crippen molar-refractivity contribution in [2.75, 3.05) is 53.3 Å². The summed E-state index contributed by atoms with van der Waals surface area (Å²) in [5, 5.41) is 3.26. The first-order valence-corrected chi connectivity index (χ1v) is 9.68. The number of anilines is 1. The molecule has 8 heteroatoms. The third-order valence-corrected chi connectivity index (χ3v) is 4.93. The van der Waals surface area contributed by atoms with Gasteiger partial charge in [-0.2, -0.15) is 0 Å². The number of methoxy groups -OCH3 is 2. The summed E-state index contributed by atoms with van der Waals surface area (Å²) in [4.78, 5) is 25.8. The number of amides is 1. The van der Waals surface area contributed by atoms with Gasteiger partial charge in [0, 0.05) is 32.2 Å². The molecule has 0 fully saturated rings. The average molecular weight is 399 g/mol. The van der Waals surface area contributed by atoms with Crippen LogP contribution in [0.25, 0.3) is 0 Å². The van der Waals surface area contributed by atoms with Crippen molar-refractivity contribution in [2.24, 2.45) is 0 Å². The fourth-order valence-electron chi connectivity index (χ4n) is 3.39. The number of fused-ring (bicyclic) bond motifs is 1. The van der Waals surface area contributed by atoms with Gasteiger partial charge in [-0.05, 0) is 50.7 Å². The van der Waals surface area contributed by atoms with Crippen LogP contribution in [0.1, 0.15) is 27.4 Å². The van der Waals surface area contributed by atoms with Crippen LogP contribution in [0.4, 0.5) is 5.82 Å². The van der Waals surface area contributed by atoms with Crippen molar-refractivity contribution in [1.29, 1.82) is 0 Å². The van der Waals surface area contributed by atoms with Crippen LogP contribution in [0.2, 0.25) is 0 Å². The second-order valence-corrected chi connectivity index (χ2v) is 7.37. The van der Waals surface area contributed by atoms with Gasteiger partial charge in [0.2, 0.25) is 0 Å². The van der Waals surface area contributed by atoms with Crippen LogP contribution in [-0.2, 0) is 13.0 Å². The number of likely N-dealkylation sites (N-methyl/N-ethyl adjacent to an activating group) is 1. The predicted octanol–water partition coefficient (Wildman–Crippen LogP) is 1.97. The zero-order valence-electron chi connectivity index (χ0n) is 17.8. The van der Waals surface area contributed by atoms with Gasteiger partial charge in [-0.1, -0.05) is 0 Å². The Morgan fingerprint density at radius 1 is 1.14 bits per heavy atom. The Bertz CT molecular complexity index is 885. The molecule has 0 aliphatic carbocycles. The summed E-state index contributed by atoms with van der Waals surface area (Å²) in [5.74, 6) is 2.54. The second-order valence-electron chi connectivity index (χ2n) is 7.37. The van der Waals surface area contributed by atoms with Gasteiger partial charge < -0.3 is 24.6 Å². The number of rotatable bonds is 7. The van der Waals surface area contributed by atoms with E-state index >= 15 is 0 Å². The molecule has 8 nitrogen and oxygen atoms in total. The molecule has 2 heterocycles. The van der Waals surface area contributed by atoms with Crippen LogP contribution in [0.15, 0.2) is 18.2 Å². The maximum atomic E-state index is 13.1. The predicted molar refractivity (Wildman–Crippen MR) is 112 cm³/mol. The van der Waals surface area contributed by atoms with Crippen LogP contribution < -0.4 is 14.8 Å². The van der Waals surface area contributed by atoms with E-state index < -0.39 is 0 Å². The van der Waals surface area contributed by atoms with E-state index in [4.69, 9.17) is 9.47 Å². The van der Waals surface area contributed by atoms with Crippen molar-refractivity contribution >= 4 is 11.7 Å². The molecule has 156 valence electrons. The highest BCUT2D eigenvalue weighted by Crippen LogP contribution is 2.33. The van der Waals surface area contributed by atoms with Crippen LogP contribution in [0.3, 0.4) is 0 Å². The van der Waals surface area contributed by atoms with E-state index in [0.717, 1.165) is 25.1 Å². The minimum Gasteiger partial charge on any atom is -0.493 e. The second kappa shape index (κ2) is 9.09. The van der Waals surface area contributed by atoms with Gasteiger partial charge in [-0.3, -0.25) is 4.79 Å². The van der Waals surface area contributed by atoms with Crippen molar-refractivity contribution in [2.45, 2.75) is 19.9 Å². The topological polar surface area (TPSA) is 79.8 Å². The summed E-state index contributed by atoms with van der Waals surface area (Å²) in [6, 6.07) is 5.68. The normalized spacial score (nSPS) is 13.2. The summed E-state index contributed by atoms with van der Waals surface area (Å²) >= 11 is 0. The van der Waals surface area contributed by atoms with E-state index in [1.807, 2.05) is 31.1 Å². The van der Waals surface area contributed by atoms with E-state index in [1.54, 1.807) is 27.2 Å². The lowest BCUT2D eigenvalue weighted by molar-refractivity contribution is 0.0728. The summed E-state index contributed by atoms with van der Waals surface area (Å²) in [7, 11) is 7.27. The number of aromatic nitrogens is 2. The van der Waals surface area contributed by atoms with E-state index in [1.165, 1.54) is 5.56 Å². The lowest BCUT2D eigenvalue weighted by Crippen LogP contribution is -2.36. The van der Waals surface area contributed by atoms with Crippen molar-refractivity contribution in [3.63, 3.8) is 0 Å². The maximum Gasteiger partial charge on any atom is 0.272 e. The SMILES string of the molecule is COc1cc2c(cc1OC)CN(C(=O)c1cc(NCCN(C)C)nc(C)n1)CC2. The van der Waals surface area contributed by atoms with Gasteiger partial charge >= 0.3 is 0 Å². The van der Waals surface area contributed by atoms with Crippen molar-refractivity contribution in [1.82, 2.24) is 19.8 Å². The third-order valence-electron chi connectivity index (χ3n) is 4.93. The van der Waals surface area contributed by atoms with E-state index in [-0.39, 0.29) is 5.91 Å². The highest BCUT2D eigenvalue weighted by atomic mass is 16.5. The first-order valence-electron chi connectivity index (χ1n) is 9.68. The molecule has 2 aromatic rings. The van der Waals surface area contributed by atoms with Crippen LogP contribution in [-0.4, -0.2) is 73.6 Å². The summed E-state index contributed by atoms with van der Waals surface area (Å²) < 4.78 is 10.8. The number of hydrogen-bond acceptors (Lipinski definition) is 7. The fourth-order valence-corrected chi connectivity index (χ4v) is 3.39. The molecule has 0 unspecified atom stereocenters. The van der Waals surface area contributed by atoms with Crippen LogP contribution in [0, 0.1) is 6.92 Å². The Morgan fingerprint density at radius 2 is 1.83 bits per heavy atom. The van der Waals surface area contributed by atoms with E-state index in [9.17, 15) is 4.79 Å². The number of carbonyl (C=O) groups is 1. The Morgan fingerprint density at radius 3 is 2.48 bits per heavy atom. The minimum atomic E-state index is -0.0911. The largest absolute Gasteiger partial charge is 0.493 e. The first-order chi connectivity index (χ1) is 13.9. The number of nitrogens with one attached hydrogen (secondary N) is 1. The molecule has 0 atom stereocenters. The van der Waals surface area contributed by atoms with Gasteiger partial charge in [0.05, 0.1) is 14.2 Å². The molecule has 1 amide bonds. The van der Waals surface area contributed by atoms with Crippen LogP contribution >= 0.6 is 0 Å². The Balaban J connectivity index is 1.77. The van der Waals surface area contributed by atoms with Crippen molar-refractivity contribution in [3.8, 4) is 11.5 Å². The lowest BCUT2D eigenvalue weighted by Gasteiger charge is -2.29. The van der Waals surface area contributed by atoms with E-state index in [2.05, 4.69) is 20.2 Å². The van der Waals surface area contributed by atoms with Gasteiger partial charge in [-0.15, -0.1) is 0 Å². The first kappa shape index (κ1) is 20.9. The molecular formula is C21H29N5O3. The molecule has 0 radical (unpaired) electrons. The summed E-state index contributed by atoms with van der Waals surface area (Å²) in [5.41, 5.74) is 2.66. The Hall–Kier alpha value is -2.87. The highest BCUT2D eigenvalue weighted by Gasteiger charge is 2.25. The summed E-state index contributed by atoms with van der Waals surface area (Å²) in [6.45, 7) is 4.57. The minimum absolute atomic E-state index is 0.0911. The number of ether oxygens (including phenoxy) is 2. The van der Waals surface area contributed by atoms with E-state index in [0.29, 0.717) is 41.9 Å². The number of carbonyl (C=O) groups excluding carboxylic acids is 1. The van der Waals surface area contributed by atoms with Gasteiger partial charge in [0.25, 0.3) is 5.91 Å². The van der Waals surface area contributed by atoms with Crippen molar-refractivity contribution in [3.05, 3.63) is 40.8 Å². The highest BCUT2D eigenvalue weighted by molar-refractivity contribution is 5.93. The fraction of sp³-hybridized carbons (Fsp3) is 0.476. The van der Waals surface area contributed by atoms with Gasteiger partial charge in [0.15, 0.2) is 11.5 Å². The smallest absolute Gasteiger partial charge is 0.272 e. The van der Waals surface area contributed by atoms with Crippen molar-refractivity contribution < 1.29 is 14.3 Å². The maximum absolute atomic E-state index is 13.1.